The fourth-order valence-electron chi connectivity index (χ4n) is 3.63. The van der Waals surface area contributed by atoms with E-state index in [2.05, 4.69) is 0 Å². The Hall–Kier alpha value is -3.03. The predicted molar refractivity (Wildman–Crippen MR) is 120 cm³/mol. The number of aliphatic carboxylic acids is 1. The number of para-hydroxylation sites is 1. The van der Waals surface area contributed by atoms with Gasteiger partial charge in [-0.3, -0.25) is 9.59 Å². The molecule has 1 fully saturated rings. The summed E-state index contributed by atoms with van der Waals surface area (Å²) in [7, 11) is 0. The molecule has 1 N–H and O–H groups in total. The van der Waals surface area contributed by atoms with Gasteiger partial charge in [0.05, 0.1) is 41.2 Å². The maximum Gasteiger partial charge on any atom is 0.306 e. The van der Waals surface area contributed by atoms with Gasteiger partial charge in [0, 0.05) is 6.07 Å². The van der Waals surface area contributed by atoms with E-state index in [1.54, 1.807) is 36.4 Å². The third-order valence-corrected chi connectivity index (χ3v) is 5.67. The number of ether oxygens (including phenoxy) is 3. The van der Waals surface area contributed by atoms with E-state index in [9.17, 15) is 9.59 Å². The van der Waals surface area contributed by atoms with Crippen LogP contribution in [0.3, 0.4) is 0 Å². The summed E-state index contributed by atoms with van der Waals surface area (Å²) in [4.78, 5) is 23.5. The Kier molecular flexibility index (Phi) is 6.67. The highest BCUT2D eigenvalue weighted by molar-refractivity contribution is 6.34. The molecule has 1 heterocycles. The molecule has 0 bridgehead atoms. The van der Waals surface area contributed by atoms with Crippen LogP contribution < -0.4 is 14.9 Å². The number of hydrogen-bond acceptors (Lipinski definition) is 6. The lowest BCUT2D eigenvalue weighted by Gasteiger charge is -2.32. The molecule has 3 aromatic rings. The van der Waals surface area contributed by atoms with Gasteiger partial charge < -0.3 is 23.7 Å². The Balaban J connectivity index is 1.54. The van der Waals surface area contributed by atoms with E-state index in [1.165, 1.54) is 6.07 Å². The molecule has 168 valence electrons. The molecular weight excluding hydrogens is 436 g/mol. The minimum absolute atomic E-state index is 0.0554. The van der Waals surface area contributed by atoms with E-state index in [0.29, 0.717) is 64.9 Å². The van der Waals surface area contributed by atoms with Crippen molar-refractivity contribution in [2.24, 2.45) is 5.92 Å². The second-order valence-electron chi connectivity index (χ2n) is 7.53. The van der Waals surface area contributed by atoms with Crippen LogP contribution in [-0.2, 0) is 9.53 Å². The van der Waals surface area contributed by atoms with Gasteiger partial charge in [-0.1, -0.05) is 17.7 Å². The summed E-state index contributed by atoms with van der Waals surface area (Å²) in [6.45, 7) is 2.94. The normalized spacial score (nSPS) is 17.7. The fourth-order valence-corrected chi connectivity index (χ4v) is 3.84. The van der Waals surface area contributed by atoms with Gasteiger partial charge in [0.1, 0.15) is 23.9 Å². The summed E-state index contributed by atoms with van der Waals surface area (Å²) in [6, 6.07) is 11.7. The smallest absolute Gasteiger partial charge is 0.306 e. The first kappa shape index (κ1) is 22.2. The number of benzene rings is 2. The molecule has 1 aromatic heterocycles. The van der Waals surface area contributed by atoms with Crippen molar-refractivity contribution in [3.05, 3.63) is 57.7 Å². The van der Waals surface area contributed by atoms with Crippen LogP contribution in [0.2, 0.25) is 5.02 Å². The topological polar surface area (TPSA) is 95.2 Å². The van der Waals surface area contributed by atoms with Gasteiger partial charge in [-0.05, 0) is 50.1 Å². The molecule has 7 nitrogen and oxygen atoms in total. The monoisotopic (exact) mass is 458 g/mol. The Morgan fingerprint density at radius 1 is 1.16 bits per heavy atom. The van der Waals surface area contributed by atoms with Crippen LogP contribution in [0.5, 0.6) is 11.5 Å². The number of carbonyl (C=O) groups is 1. The molecule has 1 aliphatic rings. The highest BCUT2D eigenvalue weighted by Crippen LogP contribution is 2.36. The van der Waals surface area contributed by atoms with Crippen molar-refractivity contribution in [2.45, 2.75) is 25.9 Å². The molecule has 0 radical (unpaired) electrons. The highest BCUT2D eigenvalue weighted by Gasteiger charge is 2.35. The largest absolute Gasteiger partial charge is 0.494 e. The molecule has 0 aliphatic heterocycles. The summed E-state index contributed by atoms with van der Waals surface area (Å²) >= 11 is 6.25. The van der Waals surface area contributed by atoms with Crippen molar-refractivity contribution in [1.29, 1.82) is 0 Å². The number of hydrogen-bond donors (Lipinski definition) is 1. The van der Waals surface area contributed by atoms with Crippen LogP contribution in [0.25, 0.3) is 22.3 Å². The van der Waals surface area contributed by atoms with E-state index in [1.807, 2.05) is 6.92 Å². The molecule has 32 heavy (non-hydrogen) atoms. The van der Waals surface area contributed by atoms with Gasteiger partial charge in [0.25, 0.3) is 0 Å². The fraction of sp³-hybridized carbons (Fsp3) is 0.333. The molecule has 0 saturated heterocycles. The van der Waals surface area contributed by atoms with Gasteiger partial charge in [-0.25, -0.2) is 0 Å². The van der Waals surface area contributed by atoms with Gasteiger partial charge in [-0.15, -0.1) is 0 Å². The van der Waals surface area contributed by atoms with Crippen molar-refractivity contribution in [2.75, 3.05) is 19.8 Å². The molecule has 4 rings (SSSR count). The van der Waals surface area contributed by atoms with Crippen LogP contribution in [0.15, 0.2) is 51.7 Å². The minimum atomic E-state index is -0.780. The van der Waals surface area contributed by atoms with Crippen molar-refractivity contribution in [3.63, 3.8) is 0 Å². The van der Waals surface area contributed by atoms with Crippen LogP contribution in [-0.4, -0.2) is 37.0 Å². The quantitative estimate of drug-likeness (QED) is 0.461. The SMILES string of the molecule is CCOc1ccc(OCCO[C@H]2C[C@@H](C(=O)O)C2)c(-c2cc(=O)c3cccc(Cl)c3o2)c1. The first-order valence-electron chi connectivity index (χ1n) is 10.4. The second kappa shape index (κ2) is 9.63. The second-order valence-corrected chi connectivity index (χ2v) is 7.94. The van der Waals surface area contributed by atoms with Gasteiger partial charge in [-0.2, -0.15) is 0 Å². The molecule has 0 unspecified atom stereocenters. The number of rotatable bonds is 9. The molecule has 2 aromatic carbocycles. The Bertz CT molecular complexity index is 1180. The molecule has 8 heteroatoms. The lowest BCUT2D eigenvalue weighted by atomic mass is 9.82. The average Bonchev–Trinajstić information content (AvgIpc) is 2.73. The van der Waals surface area contributed by atoms with E-state index in [0.717, 1.165) is 0 Å². The minimum Gasteiger partial charge on any atom is -0.494 e. The Morgan fingerprint density at radius 2 is 1.97 bits per heavy atom. The molecule has 0 spiro atoms. The van der Waals surface area contributed by atoms with E-state index in [-0.39, 0.29) is 24.1 Å². The van der Waals surface area contributed by atoms with E-state index < -0.39 is 5.97 Å². The van der Waals surface area contributed by atoms with Crippen molar-refractivity contribution in [3.8, 4) is 22.8 Å². The first-order valence-corrected chi connectivity index (χ1v) is 10.8. The maximum atomic E-state index is 12.6. The summed E-state index contributed by atoms with van der Waals surface area (Å²) in [5.74, 6) is 0.334. The summed E-state index contributed by atoms with van der Waals surface area (Å²) in [6.07, 6.45) is 0.986. The van der Waals surface area contributed by atoms with Crippen molar-refractivity contribution >= 4 is 28.5 Å². The number of fused-ring (bicyclic) bond motifs is 1. The van der Waals surface area contributed by atoms with E-state index >= 15 is 0 Å². The first-order chi connectivity index (χ1) is 15.5. The summed E-state index contributed by atoms with van der Waals surface area (Å²) in [5.41, 5.74) is 0.660. The molecule has 1 aliphatic carbocycles. The third-order valence-electron chi connectivity index (χ3n) is 5.37. The zero-order valence-corrected chi connectivity index (χ0v) is 18.3. The number of carboxylic acid groups (broad SMARTS) is 1. The Morgan fingerprint density at radius 3 is 2.72 bits per heavy atom. The average molecular weight is 459 g/mol. The van der Waals surface area contributed by atoms with Crippen LogP contribution in [0, 0.1) is 5.92 Å². The van der Waals surface area contributed by atoms with Crippen LogP contribution in [0.4, 0.5) is 0 Å². The standard InChI is InChI=1S/C24H23ClO7/c1-2-29-15-6-7-21(31-9-8-30-16-10-14(11-16)24(27)28)18(12-15)22-13-20(26)17-4-3-5-19(25)23(17)32-22/h3-7,12-14,16H,2,8-11H2,1H3,(H,27,28)/t14-,16+. The Labute approximate surface area is 189 Å². The van der Waals surface area contributed by atoms with E-state index in [4.69, 9.17) is 35.3 Å². The third kappa shape index (κ3) is 4.74. The highest BCUT2D eigenvalue weighted by atomic mass is 35.5. The van der Waals surface area contributed by atoms with Gasteiger partial charge in [0.2, 0.25) is 0 Å². The van der Waals surface area contributed by atoms with Gasteiger partial charge >= 0.3 is 5.97 Å². The molecule has 0 amide bonds. The number of halogens is 1. The van der Waals surface area contributed by atoms with Crippen LogP contribution >= 0.6 is 11.6 Å². The lowest BCUT2D eigenvalue weighted by Crippen LogP contribution is -2.37. The summed E-state index contributed by atoms with van der Waals surface area (Å²) < 4.78 is 23.2. The zero-order valence-electron chi connectivity index (χ0n) is 17.5. The van der Waals surface area contributed by atoms with Gasteiger partial charge in [0.15, 0.2) is 11.0 Å². The van der Waals surface area contributed by atoms with Crippen molar-refractivity contribution < 1.29 is 28.5 Å². The molecule has 1 saturated carbocycles. The maximum absolute atomic E-state index is 12.6. The lowest BCUT2D eigenvalue weighted by molar-refractivity contribution is -0.151. The predicted octanol–water partition coefficient (Wildman–Crippen LogP) is 4.77. The molecular formula is C24H23ClO7. The summed E-state index contributed by atoms with van der Waals surface area (Å²) in [5, 5.41) is 9.69. The number of carboxylic acids is 1. The zero-order chi connectivity index (χ0) is 22.7. The van der Waals surface area contributed by atoms with Crippen molar-refractivity contribution in [1.82, 2.24) is 0 Å². The van der Waals surface area contributed by atoms with Crippen LogP contribution in [0.1, 0.15) is 19.8 Å². The molecule has 0 atom stereocenters.